The second kappa shape index (κ2) is 4.60. The van der Waals surface area contributed by atoms with Gasteiger partial charge in [-0.15, -0.1) is 11.3 Å². The number of hydrogen-bond donors (Lipinski definition) is 1. The Bertz CT molecular complexity index is 681. The van der Waals surface area contributed by atoms with Crippen LogP contribution in [0.15, 0.2) is 36.4 Å². The van der Waals surface area contributed by atoms with Crippen LogP contribution in [0.4, 0.5) is 0 Å². The number of aliphatic carboxylic acids is 1. The Hall–Kier alpha value is -1.79. The summed E-state index contributed by atoms with van der Waals surface area (Å²) in [4.78, 5) is 22.1. The van der Waals surface area contributed by atoms with Gasteiger partial charge in [0.1, 0.15) is 0 Å². The minimum Gasteiger partial charge on any atom is -0.478 e. The highest BCUT2D eigenvalue weighted by atomic mass is 32.1. The molecule has 0 bridgehead atoms. The molecule has 4 nitrogen and oxygen atoms in total. The molecule has 0 aliphatic rings. The molecule has 2 rings (SSSR count). The number of carboxylic acids is 1. The summed E-state index contributed by atoms with van der Waals surface area (Å²) in [6.07, 6.45) is 1.80. The molecule has 0 saturated carbocycles. The van der Waals surface area contributed by atoms with Gasteiger partial charge in [-0.3, -0.25) is 9.36 Å². The van der Waals surface area contributed by atoms with Crippen molar-refractivity contribution in [2.75, 3.05) is 0 Å². The lowest BCUT2D eigenvalue weighted by molar-refractivity contribution is -0.131. The highest BCUT2D eigenvalue weighted by molar-refractivity contribution is 7.73. The standard InChI is InChI=1S/C11H7NO3S2/c13-9(5-6-10(14)15)12-7-3-1-2-4-8(7)17-11(12)16/h1-6H,(H,14,15). The molecular formula is C11H7NO3S2. The SMILES string of the molecule is O=C(O)C=CC(=O)n1c(=S)sc2ccccc21. The number of carboxylic acid groups (broad SMARTS) is 1. The van der Waals surface area contributed by atoms with Crippen molar-refractivity contribution < 1.29 is 14.7 Å². The Kier molecular flexibility index (Phi) is 3.16. The Labute approximate surface area is 105 Å². The molecule has 0 atom stereocenters. The number of para-hydroxylation sites is 1. The zero-order chi connectivity index (χ0) is 12.4. The molecule has 1 aromatic carbocycles. The van der Waals surface area contributed by atoms with Gasteiger partial charge in [0, 0.05) is 12.2 Å². The van der Waals surface area contributed by atoms with Crippen LogP contribution in [-0.2, 0) is 4.79 Å². The zero-order valence-electron chi connectivity index (χ0n) is 8.49. The van der Waals surface area contributed by atoms with E-state index in [1.165, 1.54) is 15.9 Å². The second-order valence-electron chi connectivity index (χ2n) is 3.18. The molecule has 0 aliphatic heterocycles. The zero-order valence-corrected chi connectivity index (χ0v) is 10.1. The maximum Gasteiger partial charge on any atom is 0.328 e. The average Bonchev–Trinajstić information content (AvgIpc) is 2.61. The third-order valence-electron chi connectivity index (χ3n) is 2.07. The molecule has 0 radical (unpaired) electrons. The van der Waals surface area contributed by atoms with Crippen molar-refractivity contribution in [1.82, 2.24) is 4.57 Å². The summed E-state index contributed by atoms with van der Waals surface area (Å²) in [7, 11) is 0. The third-order valence-corrected chi connectivity index (χ3v) is 3.43. The number of carbonyl (C=O) groups excluding carboxylic acids is 1. The Morgan fingerprint density at radius 2 is 2.00 bits per heavy atom. The highest BCUT2D eigenvalue weighted by Crippen LogP contribution is 2.22. The van der Waals surface area contributed by atoms with Crippen LogP contribution >= 0.6 is 23.6 Å². The molecule has 0 spiro atoms. The molecular weight excluding hydrogens is 258 g/mol. The molecule has 1 heterocycles. The van der Waals surface area contributed by atoms with Gasteiger partial charge in [-0.05, 0) is 24.4 Å². The largest absolute Gasteiger partial charge is 0.478 e. The van der Waals surface area contributed by atoms with Gasteiger partial charge in [-0.2, -0.15) is 0 Å². The molecule has 86 valence electrons. The van der Waals surface area contributed by atoms with Gasteiger partial charge in [-0.25, -0.2) is 4.79 Å². The number of nitrogens with zero attached hydrogens (tertiary/aromatic N) is 1. The summed E-state index contributed by atoms with van der Waals surface area (Å²) < 4.78 is 2.63. The Balaban J connectivity index is 2.55. The minimum absolute atomic E-state index is 0.409. The van der Waals surface area contributed by atoms with E-state index in [9.17, 15) is 9.59 Å². The van der Waals surface area contributed by atoms with Gasteiger partial charge >= 0.3 is 5.97 Å². The molecule has 2 aromatic rings. The molecule has 6 heteroatoms. The van der Waals surface area contributed by atoms with Gasteiger partial charge in [0.2, 0.25) is 0 Å². The number of thiazole rings is 1. The van der Waals surface area contributed by atoms with E-state index in [-0.39, 0.29) is 0 Å². The van der Waals surface area contributed by atoms with Crippen LogP contribution in [0.25, 0.3) is 10.2 Å². The average molecular weight is 265 g/mol. The first-order chi connectivity index (χ1) is 8.09. The summed E-state index contributed by atoms with van der Waals surface area (Å²) in [6, 6.07) is 7.29. The van der Waals surface area contributed by atoms with Gasteiger partial charge in [0.05, 0.1) is 10.2 Å². The maximum absolute atomic E-state index is 11.8. The monoisotopic (exact) mass is 265 g/mol. The summed E-state index contributed by atoms with van der Waals surface area (Å²) >= 11 is 6.41. The predicted molar refractivity (Wildman–Crippen MR) is 68.1 cm³/mol. The molecule has 0 unspecified atom stereocenters. The fourth-order valence-electron chi connectivity index (χ4n) is 1.39. The van der Waals surface area contributed by atoms with Crippen molar-refractivity contribution in [1.29, 1.82) is 0 Å². The van der Waals surface area contributed by atoms with Gasteiger partial charge in [0.25, 0.3) is 5.91 Å². The van der Waals surface area contributed by atoms with Crippen LogP contribution < -0.4 is 0 Å². The topological polar surface area (TPSA) is 59.3 Å². The minimum atomic E-state index is -1.16. The fraction of sp³-hybridized carbons (Fsp3) is 0. The number of rotatable bonds is 2. The normalized spacial score (nSPS) is 11.1. The molecule has 0 fully saturated rings. The van der Waals surface area contributed by atoms with Crippen LogP contribution in [0, 0.1) is 3.95 Å². The van der Waals surface area contributed by atoms with Crippen molar-refractivity contribution in [3.05, 3.63) is 40.4 Å². The molecule has 0 aliphatic carbocycles. The number of hydrogen-bond acceptors (Lipinski definition) is 4. The van der Waals surface area contributed by atoms with Crippen molar-refractivity contribution in [2.24, 2.45) is 0 Å². The predicted octanol–water partition coefficient (Wildman–Crippen LogP) is 2.71. The van der Waals surface area contributed by atoms with E-state index in [0.29, 0.717) is 9.47 Å². The van der Waals surface area contributed by atoms with Crippen molar-refractivity contribution in [2.45, 2.75) is 0 Å². The third kappa shape index (κ3) is 2.32. The molecule has 1 aromatic heterocycles. The van der Waals surface area contributed by atoms with E-state index >= 15 is 0 Å². The van der Waals surface area contributed by atoms with E-state index in [2.05, 4.69) is 0 Å². The van der Waals surface area contributed by atoms with E-state index < -0.39 is 11.9 Å². The number of aromatic nitrogens is 1. The maximum atomic E-state index is 11.8. The lowest BCUT2D eigenvalue weighted by atomic mass is 10.3. The van der Waals surface area contributed by atoms with Crippen LogP contribution in [0.5, 0.6) is 0 Å². The number of carbonyl (C=O) groups is 2. The van der Waals surface area contributed by atoms with Crippen LogP contribution in [-0.4, -0.2) is 21.6 Å². The second-order valence-corrected chi connectivity index (χ2v) is 4.86. The summed E-state index contributed by atoms with van der Waals surface area (Å²) in [5.74, 6) is -1.61. The number of allylic oxidation sites excluding steroid dienone is 1. The van der Waals surface area contributed by atoms with E-state index in [1.807, 2.05) is 12.1 Å². The highest BCUT2D eigenvalue weighted by Gasteiger charge is 2.09. The summed E-state index contributed by atoms with van der Waals surface area (Å²) in [5.41, 5.74) is 0.697. The van der Waals surface area contributed by atoms with Crippen LogP contribution in [0.1, 0.15) is 4.79 Å². The summed E-state index contributed by atoms with van der Waals surface area (Å²) in [5, 5.41) is 8.47. The van der Waals surface area contributed by atoms with Gasteiger partial charge < -0.3 is 5.11 Å². The van der Waals surface area contributed by atoms with E-state index in [1.54, 1.807) is 12.1 Å². The molecule has 17 heavy (non-hydrogen) atoms. The van der Waals surface area contributed by atoms with Crippen molar-refractivity contribution in [3.63, 3.8) is 0 Å². The lowest BCUT2D eigenvalue weighted by Gasteiger charge is -1.97. The molecule has 0 saturated heterocycles. The lowest BCUT2D eigenvalue weighted by Crippen LogP contribution is -2.07. The van der Waals surface area contributed by atoms with E-state index in [4.69, 9.17) is 17.3 Å². The Morgan fingerprint density at radius 1 is 1.29 bits per heavy atom. The van der Waals surface area contributed by atoms with Gasteiger partial charge in [0.15, 0.2) is 3.95 Å². The van der Waals surface area contributed by atoms with Gasteiger partial charge in [-0.1, -0.05) is 12.1 Å². The Morgan fingerprint density at radius 3 is 2.71 bits per heavy atom. The summed E-state index contributed by atoms with van der Waals surface area (Å²) in [6.45, 7) is 0. The first-order valence-corrected chi connectivity index (χ1v) is 5.88. The van der Waals surface area contributed by atoms with Crippen molar-refractivity contribution >= 4 is 45.6 Å². The smallest absolute Gasteiger partial charge is 0.328 e. The number of fused-ring (bicyclic) bond motifs is 1. The van der Waals surface area contributed by atoms with E-state index in [0.717, 1.165) is 16.9 Å². The molecule has 0 amide bonds. The number of benzene rings is 1. The van der Waals surface area contributed by atoms with Crippen LogP contribution in [0.3, 0.4) is 0 Å². The first kappa shape index (κ1) is 11.7. The van der Waals surface area contributed by atoms with Crippen molar-refractivity contribution in [3.8, 4) is 0 Å². The van der Waals surface area contributed by atoms with Crippen LogP contribution in [0.2, 0.25) is 0 Å². The fourth-order valence-corrected chi connectivity index (χ4v) is 2.73. The quantitative estimate of drug-likeness (QED) is 0.670. The molecule has 1 N–H and O–H groups in total. The first-order valence-electron chi connectivity index (χ1n) is 4.65.